The highest BCUT2D eigenvalue weighted by Gasteiger charge is 2.42. The maximum atomic E-state index is 13.8. The van der Waals surface area contributed by atoms with E-state index in [1.807, 2.05) is 76.2 Å². The Bertz CT molecular complexity index is 2710. The monoisotopic (exact) mass is 1010 g/mol. The Balaban J connectivity index is 1.05. The highest BCUT2D eigenvalue weighted by atomic mass is 32.3. The van der Waals surface area contributed by atoms with E-state index in [-0.39, 0.29) is 52.7 Å². The minimum atomic E-state index is -3.06. The molecule has 2 aromatic heterocycles. The van der Waals surface area contributed by atoms with Crippen molar-refractivity contribution in [2.45, 2.75) is 116 Å². The molecular weight excluding hydrogens is 935 g/mol. The molecule has 72 heavy (non-hydrogen) atoms. The molecule has 386 valence electrons. The molecule has 17 nitrogen and oxygen atoms in total. The number of nitrogens with zero attached hydrogens (tertiary/aromatic N) is 6. The lowest BCUT2D eigenvalue weighted by atomic mass is 9.87. The van der Waals surface area contributed by atoms with Crippen LogP contribution in [0.1, 0.15) is 127 Å². The summed E-state index contributed by atoms with van der Waals surface area (Å²) in [6.07, 6.45) is 4.75. The van der Waals surface area contributed by atoms with Crippen molar-refractivity contribution in [1.29, 1.82) is 0 Å². The average Bonchev–Trinajstić information content (AvgIpc) is 4.20. The molecule has 2 unspecified atom stereocenters. The first kappa shape index (κ1) is 52.0. The number of imidazole rings is 2. The Kier molecular flexibility index (Phi) is 15.2. The maximum absolute atomic E-state index is 13.8. The van der Waals surface area contributed by atoms with Crippen LogP contribution in [-0.4, -0.2) is 124 Å². The number of carbonyl (C=O) groups excluding carboxylic acids is 3. The molecule has 3 aromatic carbocycles. The molecule has 18 heteroatoms. The summed E-state index contributed by atoms with van der Waals surface area (Å²) in [7, 11) is -0.338. The molecule has 0 spiro atoms. The van der Waals surface area contributed by atoms with Crippen LogP contribution in [0.3, 0.4) is 0 Å². The summed E-state index contributed by atoms with van der Waals surface area (Å²) in [5, 5.41) is 12.4. The van der Waals surface area contributed by atoms with E-state index in [4.69, 9.17) is 14.7 Å². The number of aromatic amines is 2. The molecular formula is C54H71N9O8S. The Morgan fingerprint density at radius 2 is 1.19 bits per heavy atom. The Morgan fingerprint density at radius 3 is 1.61 bits per heavy atom. The molecule has 0 aliphatic carbocycles. The van der Waals surface area contributed by atoms with Gasteiger partial charge in [0, 0.05) is 25.8 Å². The van der Waals surface area contributed by atoms with Gasteiger partial charge in [-0.25, -0.2) is 19.6 Å². The minimum absolute atomic E-state index is 0.0671. The number of amides is 4. The summed E-state index contributed by atoms with van der Waals surface area (Å²) in [4.78, 5) is 75.0. The molecule has 6 atom stereocenters. The largest absolute Gasteiger partial charge is 0.465 e. The van der Waals surface area contributed by atoms with E-state index in [0.717, 1.165) is 63.5 Å². The number of hydrogen-bond acceptors (Lipinski definition) is 10. The van der Waals surface area contributed by atoms with Gasteiger partial charge >= 0.3 is 12.2 Å². The quantitative estimate of drug-likeness (QED) is 0.0651. The van der Waals surface area contributed by atoms with Gasteiger partial charge in [0.2, 0.25) is 11.8 Å². The first-order chi connectivity index (χ1) is 34.1. The van der Waals surface area contributed by atoms with Crippen LogP contribution in [0.25, 0.3) is 22.5 Å². The number of nitrogens with one attached hydrogen (secondary N) is 3. The standard InChI is InChI=1S/C54H71N9O8S/c1-32(2)46(59-52(66)71-9)50(64)61-26-10-12-42(61)48-55-28-40(57-48)34-14-18-36(19-15-34)44-30-72(69,70)31-45(63(44)39-24-22-38(23-25-39)54(5,6)7)37-20-16-35(17-21-37)41-29-56-49(58-41)43-13-11-27-62(43)51(65)47(33(3)4)60(8)53(67)68/h14-25,28-29,32-33,42-47,69-70H,10-13,26-27,30-31H2,1-9H3,(H,55,57)(H,56,58)(H,59,66)(H,67,68)/t42-,43-,44?,45?,46-,47-/m0/s1. The average molecular weight is 1010 g/mol. The van der Waals surface area contributed by atoms with Crippen LogP contribution in [0.15, 0.2) is 85.2 Å². The maximum Gasteiger partial charge on any atom is 0.407 e. The van der Waals surface area contributed by atoms with Crippen molar-refractivity contribution in [3.05, 3.63) is 114 Å². The van der Waals surface area contributed by atoms with E-state index in [1.54, 1.807) is 22.2 Å². The van der Waals surface area contributed by atoms with Gasteiger partial charge in [0.25, 0.3) is 0 Å². The lowest BCUT2D eigenvalue weighted by Crippen LogP contribution is -2.51. The van der Waals surface area contributed by atoms with Crippen molar-refractivity contribution in [3.63, 3.8) is 0 Å². The zero-order valence-electron chi connectivity index (χ0n) is 42.8. The predicted molar refractivity (Wildman–Crippen MR) is 280 cm³/mol. The van der Waals surface area contributed by atoms with Gasteiger partial charge in [-0.3, -0.25) is 23.6 Å². The number of anilines is 1. The van der Waals surface area contributed by atoms with Crippen molar-refractivity contribution >= 4 is 40.3 Å². The van der Waals surface area contributed by atoms with Crippen LogP contribution < -0.4 is 10.2 Å². The van der Waals surface area contributed by atoms with Crippen molar-refractivity contribution in [2.24, 2.45) is 11.8 Å². The fraction of sp³-hybridized carbons (Fsp3) is 0.481. The first-order valence-corrected chi connectivity index (χ1v) is 26.9. The lowest BCUT2D eigenvalue weighted by Gasteiger charge is -2.52. The minimum Gasteiger partial charge on any atom is -0.465 e. The molecule has 3 aliphatic heterocycles. The summed E-state index contributed by atoms with van der Waals surface area (Å²) < 4.78 is 28.3. The number of methoxy groups -OCH3 is 1. The van der Waals surface area contributed by atoms with Crippen LogP contribution in [0, 0.1) is 11.8 Å². The smallest absolute Gasteiger partial charge is 0.407 e. The molecule has 0 saturated carbocycles. The number of benzene rings is 3. The predicted octanol–water partition coefficient (Wildman–Crippen LogP) is 10.2. The fourth-order valence-electron chi connectivity index (χ4n) is 10.7. The topological polar surface area (TPSA) is 221 Å². The number of aromatic nitrogens is 4. The van der Waals surface area contributed by atoms with Crippen LogP contribution in [0.5, 0.6) is 0 Å². The van der Waals surface area contributed by atoms with Crippen molar-refractivity contribution in [3.8, 4) is 22.5 Å². The first-order valence-electron chi connectivity index (χ1n) is 25.0. The molecule has 5 aromatic rings. The third-order valence-electron chi connectivity index (χ3n) is 14.7. The lowest BCUT2D eigenvalue weighted by molar-refractivity contribution is -0.138. The second-order valence-corrected chi connectivity index (χ2v) is 23.6. The zero-order chi connectivity index (χ0) is 51.8. The van der Waals surface area contributed by atoms with E-state index in [2.05, 4.69) is 65.2 Å². The normalized spacial score (nSPS) is 21.4. The van der Waals surface area contributed by atoms with Gasteiger partial charge in [0.15, 0.2) is 0 Å². The molecule has 0 bridgehead atoms. The summed E-state index contributed by atoms with van der Waals surface area (Å²) in [5.41, 5.74) is 7.23. The summed E-state index contributed by atoms with van der Waals surface area (Å²) in [6.45, 7) is 15.1. The molecule has 8 rings (SSSR count). The summed E-state index contributed by atoms with van der Waals surface area (Å²) in [5.74, 6) is 0.836. The number of rotatable bonds is 13. The van der Waals surface area contributed by atoms with Gasteiger partial charge in [0.1, 0.15) is 23.7 Å². The van der Waals surface area contributed by atoms with Crippen LogP contribution in [0.4, 0.5) is 15.3 Å². The van der Waals surface area contributed by atoms with Gasteiger partial charge in [-0.15, -0.1) is 0 Å². The second kappa shape index (κ2) is 21.0. The number of likely N-dealkylation sites (N-methyl/N-ethyl adjacent to an activating group) is 1. The number of ether oxygens (including phenoxy) is 1. The highest BCUT2D eigenvalue weighted by Crippen LogP contribution is 2.55. The Morgan fingerprint density at radius 1 is 0.722 bits per heavy atom. The van der Waals surface area contributed by atoms with Gasteiger partial charge in [-0.2, -0.15) is 10.6 Å². The molecule has 5 heterocycles. The Hall–Kier alpha value is -6.37. The third-order valence-corrected chi connectivity index (χ3v) is 16.4. The molecule has 3 fully saturated rings. The molecule has 0 radical (unpaired) electrons. The van der Waals surface area contributed by atoms with E-state index < -0.39 is 46.9 Å². The van der Waals surface area contributed by atoms with Crippen molar-refractivity contribution < 1.29 is 38.1 Å². The van der Waals surface area contributed by atoms with E-state index in [9.17, 15) is 33.4 Å². The molecule has 3 aliphatic rings. The van der Waals surface area contributed by atoms with E-state index in [1.165, 1.54) is 19.7 Å². The SMILES string of the molecule is COC(=O)N[C@H](C(=O)N1CCC[C@H]1c1ncc(-c2ccc(C3CS(O)(O)CC(c4ccc(-c5cnc([C@@H]6CCCN6C(=O)[C@H](C(C)C)N(C)C(=O)O)[nH]5)cc4)N3c3ccc(C(C)(C)C)cc3)cc2)[nH]1)C(C)C. The van der Waals surface area contributed by atoms with Crippen molar-refractivity contribution in [1.82, 2.24) is 40.0 Å². The van der Waals surface area contributed by atoms with Crippen LogP contribution in [-0.2, 0) is 19.7 Å². The number of hydrogen-bond donors (Lipinski definition) is 6. The summed E-state index contributed by atoms with van der Waals surface area (Å²) >= 11 is 0. The van der Waals surface area contributed by atoms with Gasteiger partial charge in [0.05, 0.1) is 66.6 Å². The zero-order valence-corrected chi connectivity index (χ0v) is 43.6. The molecule has 6 N–H and O–H groups in total. The number of alkyl carbamates (subject to hydrolysis) is 1. The van der Waals surface area contributed by atoms with E-state index in [0.29, 0.717) is 31.2 Å². The van der Waals surface area contributed by atoms with Crippen LogP contribution in [0.2, 0.25) is 0 Å². The van der Waals surface area contributed by atoms with Crippen molar-refractivity contribution in [2.75, 3.05) is 43.7 Å². The fourth-order valence-corrected chi connectivity index (χ4v) is 12.6. The van der Waals surface area contributed by atoms with Gasteiger partial charge in [-0.1, -0.05) is 109 Å². The number of likely N-dealkylation sites (tertiary alicyclic amines) is 2. The summed E-state index contributed by atoms with van der Waals surface area (Å²) in [6, 6.07) is 21.8. The van der Waals surface area contributed by atoms with E-state index >= 15 is 0 Å². The second-order valence-electron chi connectivity index (χ2n) is 21.3. The highest BCUT2D eigenvalue weighted by molar-refractivity contribution is 8.24. The number of H-pyrrole nitrogens is 2. The number of carboxylic acid groups (broad SMARTS) is 1. The van der Waals surface area contributed by atoms with Gasteiger partial charge in [-0.05, 0) is 82.9 Å². The molecule has 4 amide bonds. The Labute approximate surface area is 424 Å². The third kappa shape index (κ3) is 10.9. The van der Waals surface area contributed by atoms with Gasteiger partial charge < -0.3 is 39.8 Å². The number of carbonyl (C=O) groups is 4. The molecule has 3 saturated heterocycles. The van der Waals surface area contributed by atoms with Crippen LogP contribution >= 0.6 is 10.6 Å².